The summed E-state index contributed by atoms with van der Waals surface area (Å²) in [4.78, 5) is 23.5. The van der Waals surface area contributed by atoms with Crippen LogP contribution in [-0.4, -0.2) is 28.8 Å². The molecule has 2 N–H and O–H groups in total. The lowest BCUT2D eigenvalue weighted by Crippen LogP contribution is -2.39. The van der Waals surface area contributed by atoms with E-state index in [4.69, 9.17) is 4.74 Å². The second-order valence-electron chi connectivity index (χ2n) is 5.39. The van der Waals surface area contributed by atoms with Crippen LogP contribution in [0.25, 0.3) is 0 Å². The predicted octanol–water partition coefficient (Wildman–Crippen LogP) is 2.93. The summed E-state index contributed by atoms with van der Waals surface area (Å²) in [7, 11) is 0. The van der Waals surface area contributed by atoms with Crippen LogP contribution in [0.1, 0.15) is 24.5 Å². The molecule has 0 heterocycles. The normalized spacial score (nSPS) is 12.4. The Kier molecular flexibility index (Phi) is 5.80. The number of hydrogen-bond donors (Lipinski definition) is 2. The fourth-order valence-electron chi connectivity index (χ4n) is 2.67. The highest BCUT2D eigenvalue weighted by molar-refractivity contribution is 5.91. The number of hydrogen-bond acceptors (Lipinski definition) is 3. The highest BCUT2D eigenvalue weighted by atomic mass is 16.5. The molecule has 0 saturated carbocycles. The third-order valence-corrected chi connectivity index (χ3v) is 3.88. The van der Waals surface area contributed by atoms with Crippen molar-refractivity contribution in [3.05, 3.63) is 65.7 Å². The molecule has 128 valence electrons. The number of carbonyl (C=O) groups is 2. The molecule has 1 unspecified atom stereocenters. The summed E-state index contributed by atoms with van der Waals surface area (Å²) in [6.07, 6.45) is -0.562. The van der Waals surface area contributed by atoms with Gasteiger partial charge in [-0.15, -0.1) is 5.92 Å². The van der Waals surface area contributed by atoms with Crippen molar-refractivity contribution in [1.82, 2.24) is 0 Å². The van der Waals surface area contributed by atoms with Crippen LogP contribution in [0.3, 0.4) is 0 Å². The zero-order valence-electron chi connectivity index (χ0n) is 13.7. The van der Waals surface area contributed by atoms with Gasteiger partial charge >= 0.3 is 11.9 Å². The standard InChI is InChI=1S/C20H18O5/c1-2-3-13-25-17-11-9-16(10-12-17)20(19(23)24,14-18(21)22)15-7-5-4-6-8-15/h4-12H,13-14H2,1H3,(H,21,22)(H,23,24). The minimum absolute atomic E-state index is 0.230. The number of carboxylic acids is 2. The smallest absolute Gasteiger partial charge is 0.319 e. The summed E-state index contributed by atoms with van der Waals surface area (Å²) in [5.41, 5.74) is -0.882. The minimum atomic E-state index is -1.67. The van der Waals surface area contributed by atoms with Crippen molar-refractivity contribution in [3.8, 4) is 17.6 Å². The Hall–Kier alpha value is -3.26. The van der Waals surface area contributed by atoms with Crippen molar-refractivity contribution in [2.75, 3.05) is 6.61 Å². The Morgan fingerprint density at radius 3 is 2.12 bits per heavy atom. The van der Waals surface area contributed by atoms with Gasteiger partial charge in [-0.3, -0.25) is 9.59 Å². The van der Waals surface area contributed by atoms with E-state index in [0.717, 1.165) is 0 Å². The molecule has 2 aromatic rings. The third-order valence-electron chi connectivity index (χ3n) is 3.88. The van der Waals surface area contributed by atoms with Gasteiger partial charge in [0.2, 0.25) is 0 Å². The number of rotatable bonds is 7. The van der Waals surface area contributed by atoms with Crippen LogP contribution < -0.4 is 4.74 Å². The number of ether oxygens (including phenoxy) is 1. The zero-order chi connectivity index (χ0) is 18.3. The summed E-state index contributed by atoms with van der Waals surface area (Å²) in [5, 5.41) is 19.2. The molecule has 5 nitrogen and oxygen atoms in total. The second kappa shape index (κ2) is 8.02. The van der Waals surface area contributed by atoms with Crippen LogP contribution >= 0.6 is 0 Å². The van der Waals surface area contributed by atoms with Crippen molar-refractivity contribution >= 4 is 11.9 Å². The van der Waals surface area contributed by atoms with Crippen molar-refractivity contribution < 1.29 is 24.5 Å². The van der Waals surface area contributed by atoms with Gasteiger partial charge in [0, 0.05) is 0 Å². The predicted molar refractivity (Wildman–Crippen MR) is 92.5 cm³/mol. The Bertz CT molecular complexity index is 799. The SMILES string of the molecule is CC#CCOc1ccc(C(CC(=O)O)(C(=O)O)c2ccccc2)cc1. The van der Waals surface area contributed by atoms with Crippen LogP contribution in [0.4, 0.5) is 0 Å². The number of aliphatic carboxylic acids is 2. The molecule has 0 aliphatic heterocycles. The van der Waals surface area contributed by atoms with Gasteiger partial charge in [-0.2, -0.15) is 0 Å². The van der Waals surface area contributed by atoms with Crippen LogP contribution in [0.2, 0.25) is 0 Å². The molecule has 0 radical (unpaired) electrons. The molecule has 2 aromatic carbocycles. The lowest BCUT2D eigenvalue weighted by atomic mass is 9.72. The molecule has 0 saturated heterocycles. The lowest BCUT2D eigenvalue weighted by molar-refractivity contribution is -0.148. The summed E-state index contributed by atoms with van der Waals surface area (Å²) in [6, 6.07) is 14.8. The van der Waals surface area contributed by atoms with Gasteiger partial charge in [-0.1, -0.05) is 48.4 Å². The maximum Gasteiger partial charge on any atom is 0.319 e. The van der Waals surface area contributed by atoms with E-state index in [1.807, 2.05) is 0 Å². The van der Waals surface area contributed by atoms with Gasteiger partial charge in [0.05, 0.1) is 6.42 Å². The molecule has 2 rings (SSSR count). The fraction of sp³-hybridized carbons (Fsp3) is 0.200. The average Bonchev–Trinajstić information content (AvgIpc) is 2.61. The molecular weight excluding hydrogens is 320 g/mol. The van der Waals surface area contributed by atoms with Crippen molar-refractivity contribution in [3.63, 3.8) is 0 Å². The molecule has 0 bridgehead atoms. The van der Waals surface area contributed by atoms with Crippen LogP contribution in [0, 0.1) is 11.8 Å². The molecule has 0 aliphatic carbocycles. The van der Waals surface area contributed by atoms with E-state index in [0.29, 0.717) is 16.9 Å². The van der Waals surface area contributed by atoms with E-state index in [9.17, 15) is 19.8 Å². The van der Waals surface area contributed by atoms with Gasteiger partial charge in [0.1, 0.15) is 17.8 Å². The fourth-order valence-corrected chi connectivity index (χ4v) is 2.67. The quantitative estimate of drug-likeness (QED) is 0.758. The summed E-state index contributed by atoms with van der Waals surface area (Å²) in [5.74, 6) is 3.61. The van der Waals surface area contributed by atoms with E-state index in [2.05, 4.69) is 11.8 Å². The molecule has 0 amide bonds. The first-order chi connectivity index (χ1) is 12.0. The molecule has 0 aromatic heterocycles. The van der Waals surface area contributed by atoms with Crippen LogP contribution in [-0.2, 0) is 15.0 Å². The monoisotopic (exact) mass is 338 g/mol. The Morgan fingerprint density at radius 2 is 1.60 bits per heavy atom. The molecule has 0 spiro atoms. The molecule has 1 atom stereocenters. The van der Waals surface area contributed by atoms with E-state index in [1.54, 1.807) is 61.5 Å². The van der Waals surface area contributed by atoms with Gasteiger partial charge in [0.25, 0.3) is 0 Å². The minimum Gasteiger partial charge on any atom is -0.481 e. The molecule has 5 heteroatoms. The lowest BCUT2D eigenvalue weighted by Gasteiger charge is -2.29. The van der Waals surface area contributed by atoms with Crippen molar-refractivity contribution in [1.29, 1.82) is 0 Å². The topological polar surface area (TPSA) is 83.8 Å². The Balaban J connectivity index is 2.49. The van der Waals surface area contributed by atoms with Gasteiger partial charge in [-0.25, -0.2) is 0 Å². The Labute approximate surface area is 145 Å². The third kappa shape index (κ3) is 3.99. The average molecular weight is 338 g/mol. The molecule has 25 heavy (non-hydrogen) atoms. The van der Waals surface area contributed by atoms with Crippen molar-refractivity contribution in [2.24, 2.45) is 0 Å². The van der Waals surface area contributed by atoms with E-state index < -0.39 is 23.8 Å². The molecule has 0 aliphatic rings. The van der Waals surface area contributed by atoms with E-state index >= 15 is 0 Å². The highest BCUT2D eigenvalue weighted by Gasteiger charge is 2.44. The highest BCUT2D eigenvalue weighted by Crippen LogP contribution is 2.37. The summed E-state index contributed by atoms with van der Waals surface area (Å²) >= 11 is 0. The first kappa shape index (κ1) is 18.1. The summed E-state index contributed by atoms with van der Waals surface area (Å²) < 4.78 is 5.42. The first-order valence-electron chi connectivity index (χ1n) is 7.64. The van der Waals surface area contributed by atoms with E-state index in [1.165, 1.54) is 0 Å². The Morgan fingerprint density at radius 1 is 1.00 bits per heavy atom. The van der Waals surface area contributed by atoms with E-state index in [-0.39, 0.29) is 6.61 Å². The van der Waals surface area contributed by atoms with Crippen molar-refractivity contribution in [2.45, 2.75) is 18.8 Å². The largest absolute Gasteiger partial charge is 0.481 e. The van der Waals surface area contributed by atoms with Crippen LogP contribution in [0.15, 0.2) is 54.6 Å². The van der Waals surface area contributed by atoms with Gasteiger partial charge in [0.15, 0.2) is 0 Å². The summed E-state index contributed by atoms with van der Waals surface area (Å²) in [6.45, 7) is 1.94. The first-order valence-corrected chi connectivity index (χ1v) is 7.64. The maximum atomic E-state index is 12.1. The number of benzene rings is 2. The second-order valence-corrected chi connectivity index (χ2v) is 5.39. The van der Waals surface area contributed by atoms with Crippen LogP contribution in [0.5, 0.6) is 5.75 Å². The van der Waals surface area contributed by atoms with Gasteiger partial charge < -0.3 is 14.9 Å². The molecule has 0 fully saturated rings. The number of carboxylic acid groups (broad SMARTS) is 2. The molecular formula is C20H18O5. The van der Waals surface area contributed by atoms with Gasteiger partial charge in [-0.05, 0) is 30.2 Å². The maximum absolute atomic E-state index is 12.1. The zero-order valence-corrected chi connectivity index (χ0v) is 13.7.